The van der Waals surface area contributed by atoms with Crippen molar-refractivity contribution in [2.75, 3.05) is 6.61 Å². The molecule has 1 aromatic carbocycles. The van der Waals surface area contributed by atoms with Gasteiger partial charge in [-0.15, -0.1) is 0 Å². The molecule has 0 aliphatic rings. The van der Waals surface area contributed by atoms with Gasteiger partial charge in [-0.05, 0) is 18.2 Å². The van der Waals surface area contributed by atoms with Gasteiger partial charge in [0, 0.05) is 17.4 Å². The van der Waals surface area contributed by atoms with Crippen molar-refractivity contribution < 1.29 is 4.74 Å². The van der Waals surface area contributed by atoms with Gasteiger partial charge in [0.2, 0.25) is 0 Å². The molecule has 1 aromatic heterocycles. The fraction of sp³-hybridized carbons (Fsp3) is 0.167. The van der Waals surface area contributed by atoms with Crippen LogP contribution in [-0.4, -0.2) is 16.6 Å². The number of rotatable bonds is 5. The third kappa shape index (κ3) is 3.40. The van der Waals surface area contributed by atoms with Crippen molar-refractivity contribution in [3.05, 3.63) is 53.6 Å². The van der Waals surface area contributed by atoms with Crippen LogP contribution in [0.5, 0.6) is 5.75 Å². The fourth-order valence-electron chi connectivity index (χ4n) is 1.45. The Morgan fingerprint density at radius 2 is 2.28 bits per heavy atom. The highest BCUT2D eigenvalue weighted by Crippen LogP contribution is 2.18. The first-order valence-corrected chi connectivity index (χ1v) is 5.78. The Balaban J connectivity index is 2.00. The van der Waals surface area contributed by atoms with Crippen LogP contribution in [0.2, 0.25) is 5.02 Å². The summed E-state index contributed by atoms with van der Waals surface area (Å²) >= 11 is 5.87. The number of nitrogens with one attached hydrogen (secondary N) is 1. The highest BCUT2D eigenvalue weighted by molar-refractivity contribution is 6.30. The van der Waals surface area contributed by atoms with Crippen LogP contribution in [0.25, 0.3) is 0 Å². The number of hydrazine groups is 1. The standard InChI is InChI=1S/C12H13ClN4O/c13-9-2-1-3-10(6-9)18-8-12(17-14)11-7-15-4-5-16-11/h1-7,12,17H,8,14H2. The molecule has 0 fully saturated rings. The van der Waals surface area contributed by atoms with Crippen LogP contribution < -0.4 is 16.0 Å². The highest BCUT2D eigenvalue weighted by Gasteiger charge is 2.12. The molecule has 0 amide bonds. The van der Waals surface area contributed by atoms with E-state index in [4.69, 9.17) is 22.2 Å². The first-order valence-electron chi connectivity index (χ1n) is 5.40. The lowest BCUT2D eigenvalue weighted by molar-refractivity contribution is 0.264. The maximum absolute atomic E-state index is 5.87. The van der Waals surface area contributed by atoms with E-state index in [-0.39, 0.29) is 6.04 Å². The van der Waals surface area contributed by atoms with E-state index in [1.54, 1.807) is 30.7 Å². The van der Waals surface area contributed by atoms with Gasteiger partial charge in [0.05, 0.1) is 17.9 Å². The zero-order valence-electron chi connectivity index (χ0n) is 9.58. The number of hydrogen-bond acceptors (Lipinski definition) is 5. The lowest BCUT2D eigenvalue weighted by Crippen LogP contribution is -2.33. The van der Waals surface area contributed by atoms with E-state index in [0.717, 1.165) is 5.69 Å². The number of aromatic nitrogens is 2. The lowest BCUT2D eigenvalue weighted by atomic mass is 10.2. The summed E-state index contributed by atoms with van der Waals surface area (Å²) in [6.07, 6.45) is 4.86. The lowest BCUT2D eigenvalue weighted by Gasteiger charge is -2.15. The summed E-state index contributed by atoms with van der Waals surface area (Å²) in [6.45, 7) is 0.343. The van der Waals surface area contributed by atoms with E-state index < -0.39 is 0 Å². The molecule has 2 aromatic rings. The number of nitrogens with zero attached hydrogens (tertiary/aromatic N) is 2. The number of nitrogens with two attached hydrogens (primary N) is 1. The molecule has 94 valence electrons. The van der Waals surface area contributed by atoms with Crippen molar-refractivity contribution in [2.45, 2.75) is 6.04 Å². The number of ether oxygens (including phenoxy) is 1. The summed E-state index contributed by atoms with van der Waals surface area (Å²) in [4.78, 5) is 8.16. The quantitative estimate of drug-likeness (QED) is 0.635. The Hall–Kier alpha value is -1.69. The van der Waals surface area contributed by atoms with Gasteiger partial charge in [-0.25, -0.2) is 5.43 Å². The largest absolute Gasteiger partial charge is 0.491 e. The molecule has 1 heterocycles. The summed E-state index contributed by atoms with van der Waals surface area (Å²) in [5.41, 5.74) is 3.37. The van der Waals surface area contributed by atoms with Crippen molar-refractivity contribution in [1.29, 1.82) is 0 Å². The molecular weight excluding hydrogens is 252 g/mol. The summed E-state index contributed by atoms with van der Waals surface area (Å²) in [6, 6.07) is 6.96. The second-order valence-electron chi connectivity index (χ2n) is 3.62. The van der Waals surface area contributed by atoms with Gasteiger partial charge in [0.1, 0.15) is 12.4 Å². The van der Waals surface area contributed by atoms with Crippen molar-refractivity contribution in [2.24, 2.45) is 5.84 Å². The molecule has 0 bridgehead atoms. The zero-order chi connectivity index (χ0) is 12.8. The van der Waals surface area contributed by atoms with Crippen molar-refractivity contribution in [3.8, 4) is 5.75 Å². The number of halogens is 1. The molecular formula is C12H13ClN4O. The highest BCUT2D eigenvalue weighted by atomic mass is 35.5. The molecule has 0 radical (unpaired) electrons. The van der Waals surface area contributed by atoms with Gasteiger partial charge in [-0.1, -0.05) is 17.7 Å². The van der Waals surface area contributed by atoms with Crippen molar-refractivity contribution in [3.63, 3.8) is 0 Å². The average molecular weight is 265 g/mol. The zero-order valence-corrected chi connectivity index (χ0v) is 10.3. The van der Waals surface area contributed by atoms with Crippen LogP contribution in [0.4, 0.5) is 0 Å². The Labute approximate surface area is 110 Å². The first kappa shape index (κ1) is 12.8. The van der Waals surface area contributed by atoms with Gasteiger partial charge in [-0.2, -0.15) is 0 Å². The van der Waals surface area contributed by atoms with Crippen LogP contribution in [-0.2, 0) is 0 Å². The fourth-order valence-corrected chi connectivity index (χ4v) is 1.63. The molecule has 2 rings (SSSR count). The van der Waals surface area contributed by atoms with Crippen LogP contribution in [0.15, 0.2) is 42.9 Å². The van der Waals surface area contributed by atoms with Gasteiger partial charge in [0.25, 0.3) is 0 Å². The Morgan fingerprint density at radius 3 is 2.94 bits per heavy atom. The minimum absolute atomic E-state index is 0.224. The van der Waals surface area contributed by atoms with Gasteiger partial charge in [0.15, 0.2) is 0 Å². The summed E-state index contributed by atoms with van der Waals surface area (Å²) in [5, 5.41) is 0.629. The van der Waals surface area contributed by atoms with E-state index in [1.165, 1.54) is 0 Å². The van der Waals surface area contributed by atoms with Crippen LogP contribution >= 0.6 is 11.6 Å². The third-order valence-corrected chi connectivity index (χ3v) is 2.59. The summed E-state index contributed by atoms with van der Waals surface area (Å²) in [7, 11) is 0. The molecule has 0 saturated carbocycles. The molecule has 6 heteroatoms. The Kier molecular flexibility index (Phi) is 4.46. The first-order chi connectivity index (χ1) is 8.79. The van der Waals surface area contributed by atoms with Gasteiger partial charge >= 0.3 is 0 Å². The third-order valence-electron chi connectivity index (χ3n) is 2.35. The van der Waals surface area contributed by atoms with E-state index in [0.29, 0.717) is 17.4 Å². The Morgan fingerprint density at radius 1 is 1.39 bits per heavy atom. The predicted octanol–water partition coefficient (Wildman–Crippen LogP) is 1.71. The molecule has 0 spiro atoms. The predicted molar refractivity (Wildman–Crippen MR) is 69.0 cm³/mol. The minimum Gasteiger partial charge on any atom is -0.491 e. The van der Waals surface area contributed by atoms with Crippen LogP contribution in [0.1, 0.15) is 11.7 Å². The van der Waals surface area contributed by atoms with E-state index in [1.807, 2.05) is 12.1 Å². The molecule has 3 N–H and O–H groups in total. The monoisotopic (exact) mass is 264 g/mol. The number of hydrogen-bond donors (Lipinski definition) is 2. The molecule has 5 nitrogen and oxygen atoms in total. The summed E-state index contributed by atoms with van der Waals surface area (Å²) < 4.78 is 5.60. The smallest absolute Gasteiger partial charge is 0.120 e. The molecule has 1 atom stereocenters. The average Bonchev–Trinajstić information content (AvgIpc) is 2.41. The van der Waals surface area contributed by atoms with Crippen molar-refractivity contribution in [1.82, 2.24) is 15.4 Å². The molecule has 1 unspecified atom stereocenters. The SMILES string of the molecule is NNC(COc1cccc(Cl)c1)c1cnccn1. The minimum atomic E-state index is -0.224. The number of benzene rings is 1. The molecule has 18 heavy (non-hydrogen) atoms. The second-order valence-corrected chi connectivity index (χ2v) is 4.05. The molecule has 0 aliphatic carbocycles. The van der Waals surface area contributed by atoms with E-state index >= 15 is 0 Å². The van der Waals surface area contributed by atoms with Gasteiger partial charge < -0.3 is 4.74 Å². The van der Waals surface area contributed by atoms with Crippen molar-refractivity contribution >= 4 is 11.6 Å². The summed E-state index contributed by atoms with van der Waals surface area (Å²) in [5.74, 6) is 6.16. The van der Waals surface area contributed by atoms with E-state index in [9.17, 15) is 0 Å². The van der Waals surface area contributed by atoms with Crippen LogP contribution in [0.3, 0.4) is 0 Å². The molecule has 0 aliphatic heterocycles. The maximum Gasteiger partial charge on any atom is 0.120 e. The molecule has 0 saturated heterocycles. The van der Waals surface area contributed by atoms with Gasteiger partial charge in [-0.3, -0.25) is 15.8 Å². The maximum atomic E-state index is 5.87. The van der Waals surface area contributed by atoms with Crippen LogP contribution in [0, 0.1) is 0 Å². The van der Waals surface area contributed by atoms with E-state index in [2.05, 4.69) is 15.4 Å². The normalized spacial score (nSPS) is 12.1. The Bertz CT molecular complexity index is 494. The topological polar surface area (TPSA) is 73.1 Å². The second kappa shape index (κ2) is 6.30.